The minimum atomic E-state index is -3.89. The number of amides is 1. The van der Waals surface area contributed by atoms with Gasteiger partial charge < -0.3 is 8.92 Å². The highest BCUT2D eigenvalue weighted by atomic mass is 35.5. The van der Waals surface area contributed by atoms with Crippen LogP contribution in [-0.4, -0.2) is 61.7 Å². The zero-order chi connectivity index (χ0) is 25.4. The molecular weight excluding hydrogens is 528 g/mol. The smallest absolute Gasteiger partial charge is 0.306 e. The van der Waals surface area contributed by atoms with Crippen molar-refractivity contribution in [3.05, 3.63) is 28.3 Å². The van der Waals surface area contributed by atoms with Crippen LogP contribution in [-0.2, 0) is 24.7 Å². The number of amidine groups is 2. The first kappa shape index (κ1) is 26.2. The van der Waals surface area contributed by atoms with Gasteiger partial charge in [-0.15, -0.1) is 5.10 Å². The number of carbonyl (C=O) groups excluding carboxylic acids is 1. The van der Waals surface area contributed by atoms with Crippen molar-refractivity contribution < 1.29 is 30.6 Å². The van der Waals surface area contributed by atoms with Crippen LogP contribution in [0.2, 0.25) is 5.02 Å². The van der Waals surface area contributed by atoms with Gasteiger partial charge in [0.1, 0.15) is 0 Å². The first-order valence-corrected chi connectivity index (χ1v) is 14.5. The van der Waals surface area contributed by atoms with Crippen molar-refractivity contribution in [2.24, 2.45) is 16.0 Å². The number of nitrogens with zero attached hydrogens (tertiary/aromatic N) is 3. The van der Waals surface area contributed by atoms with Crippen molar-refractivity contribution in [3.63, 3.8) is 0 Å². The van der Waals surface area contributed by atoms with E-state index in [-0.39, 0.29) is 55.8 Å². The van der Waals surface area contributed by atoms with Gasteiger partial charge in [0.15, 0.2) is 11.6 Å². The predicted molar refractivity (Wildman–Crippen MR) is 132 cm³/mol. The Balaban J connectivity index is 2.00. The van der Waals surface area contributed by atoms with Crippen LogP contribution in [0.5, 0.6) is 11.5 Å². The largest absolute Gasteiger partial charge is 0.490 e. The standard InChI is InChI=1S/C19H21ClN4O7S3/c1-5-30-14-8-11(7-13(20)15(14)31-33(4,26)27)6-12-16(21)24-18(22-17(12)25)32-19(23-24)34(28,29)9-10(2)3/h6-8,10,21H,5,9H2,1-4H3/b12-6+,21-16?. The van der Waals surface area contributed by atoms with Crippen LogP contribution in [0, 0.1) is 11.3 Å². The Morgan fingerprint density at radius 2 is 1.94 bits per heavy atom. The number of ether oxygens (including phenoxy) is 1. The van der Waals surface area contributed by atoms with Crippen molar-refractivity contribution in [1.29, 1.82) is 5.41 Å². The summed E-state index contributed by atoms with van der Waals surface area (Å²) in [5, 5.41) is 13.3. The maximum Gasteiger partial charge on any atom is 0.306 e. The number of halogens is 1. The van der Waals surface area contributed by atoms with Gasteiger partial charge in [0, 0.05) is 0 Å². The molecule has 15 heteroatoms. The molecule has 1 amide bonds. The summed E-state index contributed by atoms with van der Waals surface area (Å²) in [6.45, 7) is 5.35. The van der Waals surface area contributed by atoms with Gasteiger partial charge in [0.05, 0.1) is 29.2 Å². The minimum absolute atomic E-state index is 0.0167. The molecular formula is C19H21ClN4O7S3. The van der Waals surface area contributed by atoms with Gasteiger partial charge in [0.2, 0.25) is 25.1 Å². The van der Waals surface area contributed by atoms with Crippen LogP contribution in [0.3, 0.4) is 0 Å². The first-order chi connectivity index (χ1) is 15.7. The summed E-state index contributed by atoms with van der Waals surface area (Å²) in [6, 6.07) is 2.72. The maximum atomic E-state index is 12.6. The molecule has 0 saturated carbocycles. The molecule has 11 nitrogen and oxygen atoms in total. The van der Waals surface area contributed by atoms with Gasteiger partial charge in [-0.2, -0.15) is 18.4 Å². The molecule has 184 valence electrons. The Labute approximate surface area is 206 Å². The van der Waals surface area contributed by atoms with Crippen LogP contribution < -0.4 is 8.92 Å². The third kappa shape index (κ3) is 5.79. The van der Waals surface area contributed by atoms with E-state index in [0.29, 0.717) is 17.3 Å². The number of nitrogens with one attached hydrogen (secondary N) is 1. The molecule has 0 aliphatic carbocycles. The molecule has 0 saturated heterocycles. The van der Waals surface area contributed by atoms with Crippen LogP contribution in [0.25, 0.3) is 6.08 Å². The number of sulfone groups is 1. The summed E-state index contributed by atoms with van der Waals surface area (Å²) in [6.07, 6.45) is 2.15. The lowest BCUT2D eigenvalue weighted by atomic mass is 10.1. The Hall–Kier alpha value is -2.42. The molecule has 0 radical (unpaired) electrons. The van der Waals surface area contributed by atoms with Crippen molar-refractivity contribution in [2.75, 3.05) is 18.6 Å². The van der Waals surface area contributed by atoms with E-state index in [4.69, 9.17) is 25.9 Å². The molecule has 0 spiro atoms. The fraction of sp³-hybridized carbons (Fsp3) is 0.368. The quantitative estimate of drug-likeness (QED) is 0.399. The van der Waals surface area contributed by atoms with Crippen LogP contribution >= 0.6 is 23.4 Å². The van der Waals surface area contributed by atoms with Crippen molar-refractivity contribution in [3.8, 4) is 11.5 Å². The second-order valence-corrected chi connectivity index (χ2v) is 12.8. The second-order valence-electron chi connectivity index (χ2n) is 7.61. The van der Waals surface area contributed by atoms with E-state index in [9.17, 15) is 21.6 Å². The minimum Gasteiger partial charge on any atom is -0.490 e. The number of benzene rings is 1. The van der Waals surface area contributed by atoms with Gasteiger partial charge in [-0.3, -0.25) is 10.2 Å². The summed E-state index contributed by atoms with van der Waals surface area (Å²) in [5.41, 5.74) is 0.121. The van der Waals surface area contributed by atoms with Gasteiger partial charge in [-0.1, -0.05) is 25.4 Å². The third-order valence-electron chi connectivity index (χ3n) is 4.13. The SMILES string of the molecule is CCOc1cc(/C=C2\C(=N)N3N=C(S(=O)(=O)CC(C)C)SC3=NC2=O)cc(Cl)c1OS(C)(=O)=O. The molecule has 34 heavy (non-hydrogen) atoms. The number of hydrazone groups is 1. The lowest BCUT2D eigenvalue weighted by Gasteiger charge is -2.20. The zero-order valence-electron chi connectivity index (χ0n) is 18.5. The van der Waals surface area contributed by atoms with Crippen molar-refractivity contribution >= 4 is 70.7 Å². The molecule has 3 rings (SSSR count). The highest BCUT2D eigenvalue weighted by Gasteiger charge is 2.39. The fourth-order valence-electron chi connectivity index (χ4n) is 2.94. The Kier molecular flexibility index (Phi) is 7.45. The number of thioether (sulfide) groups is 1. The van der Waals surface area contributed by atoms with Gasteiger partial charge in [0.25, 0.3) is 5.91 Å². The van der Waals surface area contributed by atoms with Crippen LogP contribution in [0.4, 0.5) is 0 Å². The van der Waals surface area contributed by atoms with Crippen molar-refractivity contribution in [2.45, 2.75) is 20.8 Å². The topological polar surface area (TPSA) is 156 Å². The highest BCUT2D eigenvalue weighted by molar-refractivity contribution is 8.42. The Morgan fingerprint density at radius 3 is 2.53 bits per heavy atom. The number of hydrogen-bond donors (Lipinski definition) is 1. The molecule has 0 fully saturated rings. The van der Waals surface area contributed by atoms with Gasteiger partial charge >= 0.3 is 10.1 Å². The molecule has 2 aliphatic heterocycles. The maximum absolute atomic E-state index is 12.6. The molecule has 0 atom stereocenters. The average molecular weight is 549 g/mol. The van der Waals surface area contributed by atoms with E-state index in [2.05, 4.69) is 10.1 Å². The first-order valence-electron chi connectivity index (χ1n) is 9.80. The van der Waals surface area contributed by atoms with E-state index in [1.165, 1.54) is 18.2 Å². The summed E-state index contributed by atoms with van der Waals surface area (Å²) in [4.78, 5) is 16.5. The summed E-state index contributed by atoms with van der Waals surface area (Å²) >= 11 is 6.91. The zero-order valence-corrected chi connectivity index (χ0v) is 21.7. The molecule has 0 aromatic heterocycles. The number of rotatable bonds is 7. The summed E-state index contributed by atoms with van der Waals surface area (Å²) in [7, 11) is -7.60. The number of fused-ring (bicyclic) bond motifs is 1. The summed E-state index contributed by atoms with van der Waals surface area (Å²) in [5.74, 6) is -1.61. The highest BCUT2D eigenvalue weighted by Crippen LogP contribution is 2.39. The van der Waals surface area contributed by atoms with Crippen LogP contribution in [0.1, 0.15) is 26.3 Å². The lowest BCUT2D eigenvalue weighted by Crippen LogP contribution is -2.35. The monoisotopic (exact) mass is 548 g/mol. The lowest BCUT2D eigenvalue weighted by molar-refractivity contribution is -0.114. The molecule has 1 N–H and O–H groups in total. The molecule has 0 unspecified atom stereocenters. The predicted octanol–water partition coefficient (Wildman–Crippen LogP) is 2.72. The molecule has 1 aromatic rings. The third-order valence-corrected chi connectivity index (χ3v) is 8.32. The Morgan fingerprint density at radius 1 is 1.26 bits per heavy atom. The fourth-order valence-corrected chi connectivity index (χ4v) is 6.51. The molecule has 2 aliphatic rings. The summed E-state index contributed by atoms with van der Waals surface area (Å²) < 4.78 is 58.3. The second kappa shape index (κ2) is 9.68. The van der Waals surface area contributed by atoms with Gasteiger partial charge in [-0.25, -0.2) is 8.42 Å². The van der Waals surface area contributed by atoms with Crippen molar-refractivity contribution in [1.82, 2.24) is 5.01 Å². The molecule has 1 aromatic carbocycles. The van der Waals surface area contributed by atoms with E-state index < -0.39 is 25.9 Å². The average Bonchev–Trinajstić information content (AvgIpc) is 3.11. The van der Waals surface area contributed by atoms with Crippen LogP contribution in [0.15, 0.2) is 27.8 Å². The van der Waals surface area contributed by atoms with Gasteiger partial charge in [-0.05, 0) is 48.4 Å². The number of hydrogen-bond acceptors (Lipinski definition) is 10. The number of aliphatic imine (C=N–C) groups is 1. The van der Waals surface area contributed by atoms with E-state index in [0.717, 1.165) is 11.3 Å². The Bertz CT molecular complexity index is 1370. The molecule has 2 heterocycles. The van der Waals surface area contributed by atoms with E-state index in [1.807, 2.05) is 0 Å². The molecule has 0 bridgehead atoms. The number of carbonyl (C=O) groups is 1. The van der Waals surface area contributed by atoms with E-state index in [1.54, 1.807) is 20.8 Å². The normalized spacial score (nSPS) is 17.7. The van der Waals surface area contributed by atoms with E-state index >= 15 is 0 Å².